The summed E-state index contributed by atoms with van der Waals surface area (Å²) in [6.07, 6.45) is 14.4. The molecule has 0 bridgehead atoms. The lowest BCUT2D eigenvalue weighted by atomic mass is 9.47. The zero-order chi connectivity index (χ0) is 20.6. The van der Waals surface area contributed by atoms with Gasteiger partial charge in [0, 0.05) is 23.9 Å². The Morgan fingerprint density at radius 2 is 1.97 bits per heavy atom. The summed E-state index contributed by atoms with van der Waals surface area (Å²) in [4.78, 5) is 14.9. The van der Waals surface area contributed by atoms with E-state index < -0.39 is 0 Å². The van der Waals surface area contributed by atoms with Gasteiger partial charge in [0.2, 0.25) is 0 Å². The second kappa shape index (κ2) is 5.52. The molecule has 0 amide bonds. The number of ketones is 1. The summed E-state index contributed by atoms with van der Waals surface area (Å²) < 4.78 is 6.51. The Morgan fingerprint density at radius 1 is 1.13 bits per heavy atom. The Kier molecular flexibility index (Phi) is 3.42. The van der Waals surface area contributed by atoms with Gasteiger partial charge in [-0.25, -0.2) is 0 Å². The fourth-order valence-corrected chi connectivity index (χ4v) is 10.4. The highest BCUT2D eigenvalue weighted by atomic mass is 16.6. The van der Waals surface area contributed by atoms with Crippen molar-refractivity contribution < 1.29 is 9.53 Å². The van der Waals surface area contributed by atoms with E-state index in [9.17, 15) is 4.79 Å². The lowest BCUT2D eigenvalue weighted by Crippen LogP contribution is -2.51. The number of carbonyl (C=O) groups excluding carboxylic acids is 1. The third-order valence-electron chi connectivity index (χ3n) is 11.6. The molecule has 3 nitrogen and oxygen atoms in total. The zero-order valence-corrected chi connectivity index (χ0v) is 19.1. The van der Waals surface area contributed by atoms with E-state index in [4.69, 9.17) is 4.74 Å². The smallest absolute Gasteiger partial charge is 0.178 e. The first-order chi connectivity index (χ1) is 14.3. The highest BCUT2D eigenvalue weighted by Gasteiger charge is 2.78. The minimum absolute atomic E-state index is 0.105. The van der Waals surface area contributed by atoms with Gasteiger partial charge in [-0.3, -0.25) is 9.69 Å². The van der Waals surface area contributed by atoms with Gasteiger partial charge in [-0.15, -0.1) is 0 Å². The van der Waals surface area contributed by atoms with Crippen molar-refractivity contribution in [3.63, 3.8) is 0 Å². The molecule has 162 valence electrons. The lowest BCUT2D eigenvalue weighted by molar-refractivity contribution is -0.111. The molecule has 3 heteroatoms. The summed E-state index contributed by atoms with van der Waals surface area (Å²) in [5, 5.41) is 0. The summed E-state index contributed by atoms with van der Waals surface area (Å²) in [6, 6.07) is 0.731. The SMILES string of the molecule is C[C@H]1C[C@@H]2O[C@@]23[C@@H](C)[C@H]2[C@H](C[C@H]4[C@@H]5CCC6=CC(=O)C=C[C@]6(C)[C@H]5CC[C@]24C)N3C1. The molecular formula is C27H37NO2. The minimum atomic E-state index is 0.105. The van der Waals surface area contributed by atoms with Crippen molar-refractivity contribution in [2.24, 2.45) is 46.3 Å². The lowest BCUT2D eigenvalue weighted by Gasteiger charge is -2.57. The quantitative estimate of drug-likeness (QED) is 0.531. The first kappa shape index (κ1) is 18.6. The third kappa shape index (κ3) is 1.95. The van der Waals surface area contributed by atoms with Crippen molar-refractivity contribution in [1.29, 1.82) is 0 Å². The maximum absolute atomic E-state index is 12.0. The molecule has 30 heavy (non-hydrogen) atoms. The zero-order valence-electron chi connectivity index (χ0n) is 19.1. The first-order valence-electron chi connectivity index (χ1n) is 12.7. The third-order valence-corrected chi connectivity index (χ3v) is 11.6. The van der Waals surface area contributed by atoms with Crippen molar-refractivity contribution in [1.82, 2.24) is 4.90 Å². The summed E-state index contributed by atoms with van der Waals surface area (Å²) in [7, 11) is 0. The predicted molar refractivity (Wildman–Crippen MR) is 117 cm³/mol. The standard InChI is InChI=1S/C27H37NO2/c1-15-11-23-27(30-23)16(2)24-22(28(27)14-15)13-21-19-6-5-17-12-18(29)7-9-25(17,3)20(19)8-10-26(21,24)4/h7,9,12,15-16,19-24H,5-6,8,10-11,13-14H2,1-4H3/t15-,16-,19+,20-,21-,22-,23-,24-,25-,26-,27-/m0/s1. The molecule has 3 saturated heterocycles. The van der Waals surface area contributed by atoms with Crippen molar-refractivity contribution in [2.75, 3.05) is 6.54 Å². The van der Waals surface area contributed by atoms with Crippen molar-refractivity contribution in [3.05, 3.63) is 23.8 Å². The van der Waals surface area contributed by atoms with Crippen LogP contribution < -0.4 is 0 Å². The maximum Gasteiger partial charge on any atom is 0.178 e. The molecule has 0 aromatic rings. The fourth-order valence-electron chi connectivity index (χ4n) is 10.4. The summed E-state index contributed by atoms with van der Waals surface area (Å²) >= 11 is 0. The molecule has 11 atom stereocenters. The first-order valence-corrected chi connectivity index (χ1v) is 12.7. The van der Waals surface area contributed by atoms with Gasteiger partial charge in [-0.1, -0.05) is 39.3 Å². The molecule has 0 N–H and O–H groups in total. The Bertz CT molecular complexity index is 891. The van der Waals surface area contributed by atoms with Crippen LogP contribution in [0.5, 0.6) is 0 Å². The normalized spacial score (nSPS) is 60.7. The van der Waals surface area contributed by atoms with Crippen LogP contribution in [-0.4, -0.2) is 35.1 Å². The molecule has 0 radical (unpaired) electrons. The fraction of sp³-hybridized carbons (Fsp3) is 0.815. The van der Waals surface area contributed by atoms with Gasteiger partial charge in [0.25, 0.3) is 0 Å². The number of epoxide rings is 1. The molecule has 3 heterocycles. The molecule has 1 spiro atoms. The number of nitrogens with zero attached hydrogens (tertiary/aromatic N) is 1. The Balaban J connectivity index is 1.25. The molecule has 4 aliphatic carbocycles. The minimum Gasteiger partial charge on any atom is -0.350 e. The van der Waals surface area contributed by atoms with E-state index in [1.54, 1.807) is 0 Å². The Morgan fingerprint density at radius 3 is 2.80 bits per heavy atom. The summed E-state index contributed by atoms with van der Waals surface area (Å²) in [5.74, 6) is 4.81. The van der Waals surface area contributed by atoms with E-state index in [1.807, 2.05) is 12.2 Å². The van der Waals surface area contributed by atoms with Crippen LogP contribution >= 0.6 is 0 Å². The topological polar surface area (TPSA) is 32.8 Å². The van der Waals surface area contributed by atoms with Gasteiger partial charge >= 0.3 is 0 Å². The number of hydrogen-bond acceptors (Lipinski definition) is 3. The number of hydrogen-bond donors (Lipinski definition) is 0. The number of carbonyl (C=O) groups is 1. The van der Waals surface area contributed by atoms with Crippen LogP contribution in [-0.2, 0) is 9.53 Å². The van der Waals surface area contributed by atoms with E-state index in [0.717, 1.165) is 36.1 Å². The van der Waals surface area contributed by atoms with E-state index >= 15 is 0 Å². The van der Waals surface area contributed by atoms with E-state index in [-0.39, 0.29) is 16.9 Å². The molecule has 0 aromatic heterocycles. The van der Waals surface area contributed by atoms with Gasteiger partial charge in [0.05, 0.1) is 0 Å². The molecule has 0 unspecified atom stereocenters. The van der Waals surface area contributed by atoms with Crippen LogP contribution in [0.4, 0.5) is 0 Å². The van der Waals surface area contributed by atoms with Gasteiger partial charge in [-0.05, 0) is 85.7 Å². The van der Waals surface area contributed by atoms with E-state index in [0.29, 0.717) is 23.4 Å². The van der Waals surface area contributed by atoms with Crippen molar-refractivity contribution >= 4 is 5.78 Å². The number of ether oxygens (including phenoxy) is 1. The predicted octanol–water partition coefficient (Wildman–Crippen LogP) is 4.98. The molecule has 7 aliphatic rings. The molecule has 3 aliphatic heterocycles. The number of fused-ring (bicyclic) bond motifs is 8. The average molecular weight is 408 g/mol. The van der Waals surface area contributed by atoms with Gasteiger partial charge in [-0.2, -0.15) is 0 Å². The second-order valence-electron chi connectivity index (χ2n) is 12.6. The van der Waals surface area contributed by atoms with Crippen LogP contribution in [0, 0.1) is 46.3 Å². The second-order valence-corrected chi connectivity index (χ2v) is 12.6. The van der Waals surface area contributed by atoms with Crippen LogP contribution in [0.2, 0.25) is 0 Å². The van der Waals surface area contributed by atoms with E-state index in [1.165, 1.54) is 44.2 Å². The molecule has 7 rings (SSSR count). The molecule has 3 saturated carbocycles. The van der Waals surface area contributed by atoms with Crippen LogP contribution in [0.1, 0.15) is 66.2 Å². The highest BCUT2D eigenvalue weighted by molar-refractivity contribution is 6.01. The number of allylic oxidation sites excluding steroid dienone is 4. The van der Waals surface area contributed by atoms with Crippen LogP contribution in [0.25, 0.3) is 0 Å². The number of piperidine rings is 1. The van der Waals surface area contributed by atoms with Crippen molar-refractivity contribution in [3.8, 4) is 0 Å². The Hall–Kier alpha value is -0.930. The highest BCUT2D eigenvalue weighted by Crippen LogP contribution is 2.73. The average Bonchev–Trinajstić information content (AvgIpc) is 3.28. The van der Waals surface area contributed by atoms with Gasteiger partial charge in [0.15, 0.2) is 11.5 Å². The monoisotopic (exact) mass is 407 g/mol. The molecule has 6 fully saturated rings. The van der Waals surface area contributed by atoms with Gasteiger partial charge < -0.3 is 4.74 Å². The molecular weight excluding hydrogens is 370 g/mol. The summed E-state index contributed by atoms with van der Waals surface area (Å²) in [5.41, 5.74) is 2.10. The van der Waals surface area contributed by atoms with E-state index in [2.05, 4.69) is 38.7 Å². The maximum atomic E-state index is 12.0. The molecule has 0 aromatic carbocycles. The van der Waals surface area contributed by atoms with Crippen LogP contribution in [0.3, 0.4) is 0 Å². The van der Waals surface area contributed by atoms with Crippen LogP contribution in [0.15, 0.2) is 23.8 Å². The number of rotatable bonds is 0. The van der Waals surface area contributed by atoms with Crippen molar-refractivity contribution in [2.45, 2.75) is 84.1 Å². The summed E-state index contributed by atoms with van der Waals surface area (Å²) in [6.45, 7) is 11.3. The largest absolute Gasteiger partial charge is 0.350 e. The Labute approximate surface area is 181 Å². The van der Waals surface area contributed by atoms with Gasteiger partial charge in [0.1, 0.15) is 6.10 Å².